The molecule has 1 aromatic carbocycles. The predicted molar refractivity (Wildman–Crippen MR) is 91.1 cm³/mol. The SMILES string of the molecule is O=C(O)c1c2n(c3cc(N4CCNCC4)c(F)cc3c1=O)C(CF)S2. The molecule has 9 heteroatoms. The average molecular weight is 367 g/mol. The summed E-state index contributed by atoms with van der Waals surface area (Å²) in [5, 5.41) is 12.1. The topological polar surface area (TPSA) is 74.6 Å². The van der Waals surface area contributed by atoms with Crippen LogP contribution < -0.4 is 15.6 Å². The first-order valence-electron chi connectivity index (χ1n) is 7.86. The van der Waals surface area contributed by atoms with Gasteiger partial charge in [0.1, 0.15) is 23.4 Å². The molecule has 6 nitrogen and oxygen atoms in total. The van der Waals surface area contributed by atoms with E-state index in [0.29, 0.717) is 24.3 Å². The van der Waals surface area contributed by atoms with E-state index >= 15 is 0 Å². The number of alkyl halides is 1. The van der Waals surface area contributed by atoms with Crippen molar-refractivity contribution in [3.63, 3.8) is 0 Å². The van der Waals surface area contributed by atoms with Crippen LogP contribution in [-0.2, 0) is 0 Å². The van der Waals surface area contributed by atoms with E-state index in [1.165, 1.54) is 10.6 Å². The fourth-order valence-electron chi connectivity index (χ4n) is 3.36. The number of aromatic carboxylic acids is 1. The van der Waals surface area contributed by atoms with Gasteiger partial charge in [-0.15, -0.1) is 0 Å². The number of carboxylic acid groups (broad SMARTS) is 1. The Hall–Kier alpha value is -2.13. The zero-order chi connectivity index (χ0) is 17.7. The van der Waals surface area contributed by atoms with Crippen molar-refractivity contribution in [2.75, 3.05) is 37.8 Å². The Morgan fingerprint density at radius 1 is 1.36 bits per heavy atom. The Morgan fingerprint density at radius 3 is 2.72 bits per heavy atom. The number of anilines is 1. The molecular formula is C16H15F2N3O3S. The Kier molecular flexibility index (Phi) is 3.92. The maximum atomic E-state index is 14.6. The molecule has 0 bridgehead atoms. The van der Waals surface area contributed by atoms with Crippen molar-refractivity contribution in [1.82, 2.24) is 9.88 Å². The number of thioether (sulfide) groups is 1. The van der Waals surface area contributed by atoms with Crippen LogP contribution in [0.1, 0.15) is 15.7 Å². The number of rotatable bonds is 3. The fourth-order valence-corrected chi connectivity index (χ4v) is 4.49. The van der Waals surface area contributed by atoms with Crippen LogP contribution in [0.4, 0.5) is 14.5 Å². The number of nitrogens with one attached hydrogen (secondary N) is 1. The number of nitrogens with zero attached hydrogens (tertiary/aromatic N) is 2. The molecule has 1 aromatic heterocycles. The van der Waals surface area contributed by atoms with Gasteiger partial charge in [0.2, 0.25) is 5.43 Å². The summed E-state index contributed by atoms with van der Waals surface area (Å²) in [5.74, 6) is -1.96. The van der Waals surface area contributed by atoms with E-state index in [2.05, 4.69) is 5.32 Å². The summed E-state index contributed by atoms with van der Waals surface area (Å²) < 4.78 is 29.4. The minimum absolute atomic E-state index is 0.0312. The monoisotopic (exact) mass is 367 g/mol. The second kappa shape index (κ2) is 5.99. The summed E-state index contributed by atoms with van der Waals surface area (Å²) in [6, 6.07) is 2.61. The van der Waals surface area contributed by atoms with E-state index in [-0.39, 0.29) is 10.4 Å². The normalized spacial score (nSPS) is 19.6. The van der Waals surface area contributed by atoms with Gasteiger partial charge < -0.3 is 19.9 Å². The highest BCUT2D eigenvalue weighted by molar-refractivity contribution is 8.00. The quantitative estimate of drug-likeness (QED) is 0.862. The number of hydrogen-bond donors (Lipinski definition) is 2. The molecule has 0 aliphatic carbocycles. The summed E-state index contributed by atoms with van der Waals surface area (Å²) in [4.78, 5) is 25.8. The van der Waals surface area contributed by atoms with Crippen LogP contribution in [0.5, 0.6) is 0 Å². The Morgan fingerprint density at radius 2 is 2.08 bits per heavy atom. The maximum Gasteiger partial charge on any atom is 0.342 e. The van der Waals surface area contributed by atoms with Crippen LogP contribution in [0.25, 0.3) is 10.9 Å². The third-order valence-electron chi connectivity index (χ3n) is 4.57. The van der Waals surface area contributed by atoms with Crippen LogP contribution in [0.2, 0.25) is 0 Å². The maximum absolute atomic E-state index is 14.6. The smallest absolute Gasteiger partial charge is 0.342 e. The van der Waals surface area contributed by atoms with Gasteiger partial charge in [-0.25, -0.2) is 13.6 Å². The Labute approximate surface area is 145 Å². The van der Waals surface area contributed by atoms with Crippen molar-refractivity contribution >= 4 is 34.3 Å². The zero-order valence-electron chi connectivity index (χ0n) is 13.1. The van der Waals surface area contributed by atoms with Crippen LogP contribution in [0.3, 0.4) is 0 Å². The van der Waals surface area contributed by atoms with Crippen molar-refractivity contribution in [1.29, 1.82) is 0 Å². The summed E-state index contributed by atoms with van der Waals surface area (Å²) >= 11 is 1.02. The summed E-state index contributed by atoms with van der Waals surface area (Å²) in [7, 11) is 0. The van der Waals surface area contributed by atoms with Crippen molar-refractivity contribution in [3.05, 3.63) is 33.7 Å². The van der Waals surface area contributed by atoms with E-state index in [4.69, 9.17) is 0 Å². The highest BCUT2D eigenvalue weighted by atomic mass is 32.2. The molecule has 0 amide bonds. The number of benzene rings is 1. The van der Waals surface area contributed by atoms with Gasteiger partial charge in [0.05, 0.1) is 16.2 Å². The predicted octanol–water partition coefficient (Wildman–Crippen LogP) is 1.82. The fraction of sp³-hybridized carbons (Fsp3) is 0.375. The second-order valence-electron chi connectivity index (χ2n) is 5.97. The molecule has 1 atom stereocenters. The van der Waals surface area contributed by atoms with E-state index in [0.717, 1.165) is 30.9 Å². The molecule has 4 rings (SSSR count). The lowest BCUT2D eigenvalue weighted by Crippen LogP contribution is -2.44. The number of carboxylic acids is 1. The molecule has 3 heterocycles. The minimum atomic E-state index is -1.38. The first-order chi connectivity index (χ1) is 12.0. The van der Waals surface area contributed by atoms with Crippen molar-refractivity contribution < 1.29 is 18.7 Å². The van der Waals surface area contributed by atoms with E-state index in [1.807, 2.05) is 4.90 Å². The number of carbonyl (C=O) groups is 1. The molecule has 1 saturated heterocycles. The summed E-state index contributed by atoms with van der Waals surface area (Å²) in [6.07, 6.45) is 0. The Balaban J connectivity index is 1.98. The molecule has 1 fully saturated rings. The number of aromatic nitrogens is 1. The van der Waals surface area contributed by atoms with Crippen molar-refractivity contribution in [2.45, 2.75) is 10.4 Å². The standard InChI is InChI=1S/C16H15F2N3O3S/c17-7-12-21-10-6-11(20-3-1-19-2-4-20)9(18)5-8(10)14(22)13(16(23)24)15(21)25-12/h5-6,12,19H,1-4,7H2,(H,23,24). The number of piperazine rings is 1. The molecular weight excluding hydrogens is 352 g/mol. The first kappa shape index (κ1) is 16.3. The molecule has 2 aromatic rings. The van der Waals surface area contributed by atoms with Gasteiger partial charge in [-0.3, -0.25) is 4.79 Å². The van der Waals surface area contributed by atoms with Gasteiger partial charge in [-0.1, -0.05) is 11.8 Å². The lowest BCUT2D eigenvalue weighted by molar-refractivity contribution is 0.0689. The van der Waals surface area contributed by atoms with Crippen LogP contribution in [0, 0.1) is 5.82 Å². The number of fused-ring (bicyclic) bond motifs is 3. The molecule has 2 aliphatic rings. The molecule has 1 unspecified atom stereocenters. The third-order valence-corrected chi connectivity index (χ3v) is 5.80. The average Bonchev–Trinajstić information content (AvgIpc) is 2.58. The summed E-state index contributed by atoms with van der Waals surface area (Å²) in [6.45, 7) is 1.98. The molecule has 2 N–H and O–H groups in total. The van der Waals surface area contributed by atoms with Crippen LogP contribution in [-0.4, -0.2) is 48.5 Å². The third kappa shape index (κ3) is 2.41. The summed E-state index contributed by atoms with van der Waals surface area (Å²) in [5.41, 5.74) is -0.428. The zero-order valence-corrected chi connectivity index (χ0v) is 13.9. The second-order valence-corrected chi connectivity index (χ2v) is 7.14. The van der Waals surface area contributed by atoms with Gasteiger partial charge >= 0.3 is 5.97 Å². The first-order valence-corrected chi connectivity index (χ1v) is 8.74. The van der Waals surface area contributed by atoms with Crippen molar-refractivity contribution in [2.24, 2.45) is 0 Å². The van der Waals surface area contributed by atoms with Gasteiger partial charge in [-0.05, 0) is 12.1 Å². The number of halogens is 2. The van der Waals surface area contributed by atoms with Gasteiger partial charge in [0.15, 0.2) is 0 Å². The van der Waals surface area contributed by atoms with E-state index in [9.17, 15) is 23.5 Å². The molecule has 0 spiro atoms. The molecule has 132 valence electrons. The molecule has 0 saturated carbocycles. The van der Waals surface area contributed by atoms with Gasteiger partial charge in [0, 0.05) is 31.6 Å². The van der Waals surface area contributed by atoms with Gasteiger partial charge in [0.25, 0.3) is 0 Å². The van der Waals surface area contributed by atoms with E-state index < -0.39 is 34.8 Å². The lowest BCUT2D eigenvalue weighted by Gasteiger charge is -2.34. The highest BCUT2D eigenvalue weighted by Crippen LogP contribution is 2.47. The molecule has 0 radical (unpaired) electrons. The van der Waals surface area contributed by atoms with Gasteiger partial charge in [-0.2, -0.15) is 0 Å². The molecule has 2 aliphatic heterocycles. The van der Waals surface area contributed by atoms with Crippen molar-refractivity contribution in [3.8, 4) is 0 Å². The largest absolute Gasteiger partial charge is 0.477 e. The van der Waals surface area contributed by atoms with Crippen LogP contribution in [0.15, 0.2) is 22.0 Å². The van der Waals surface area contributed by atoms with E-state index in [1.54, 1.807) is 0 Å². The van der Waals surface area contributed by atoms with Crippen LogP contribution >= 0.6 is 11.8 Å². The highest BCUT2D eigenvalue weighted by Gasteiger charge is 2.35. The number of pyridine rings is 1. The minimum Gasteiger partial charge on any atom is -0.477 e. The number of hydrogen-bond acceptors (Lipinski definition) is 5. The lowest BCUT2D eigenvalue weighted by atomic mass is 10.1. The molecule has 25 heavy (non-hydrogen) atoms. The Bertz CT molecular complexity index is 941.